The number of nitrogens with one attached hydrogen (secondary N) is 1. The molecule has 6 nitrogen and oxygen atoms in total. The summed E-state index contributed by atoms with van der Waals surface area (Å²) < 4.78 is 5.36. The number of carbonyl (C=O) groups is 2. The summed E-state index contributed by atoms with van der Waals surface area (Å²) in [6, 6.07) is 8.00. The molecule has 0 radical (unpaired) electrons. The molecule has 2 heterocycles. The number of aryl methyl sites for hydroxylation is 1. The Morgan fingerprint density at radius 1 is 1.32 bits per heavy atom. The number of methoxy groups -OCH3 is 1. The normalized spacial score (nSPS) is 21.3. The van der Waals surface area contributed by atoms with Crippen molar-refractivity contribution < 1.29 is 14.3 Å². The first-order chi connectivity index (χ1) is 12.2. The van der Waals surface area contributed by atoms with Gasteiger partial charge < -0.3 is 19.9 Å². The van der Waals surface area contributed by atoms with Crippen molar-refractivity contribution in [3.05, 3.63) is 29.8 Å². The maximum absolute atomic E-state index is 12.7. The van der Waals surface area contributed by atoms with Crippen molar-refractivity contribution in [1.82, 2.24) is 15.1 Å². The van der Waals surface area contributed by atoms with Crippen molar-refractivity contribution in [3.63, 3.8) is 0 Å². The Bertz CT molecular complexity index is 620. The Kier molecular flexibility index (Phi) is 5.91. The molecule has 136 valence electrons. The minimum absolute atomic E-state index is 0.152. The molecule has 1 N–H and O–H groups in total. The van der Waals surface area contributed by atoms with E-state index in [1.165, 1.54) is 0 Å². The van der Waals surface area contributed by atoms with Crippen LogP contribution in [0.3, 0.4) is 0 Å². The number of rotatable bonds is 5. The maximum atomic E-state index is 12.7. The number of amides is 2. The molecule has 0 saturated carbocycles. The molecule has 2 amide bonds. The largest absolute Gasteiger partial charge is 0.496 e. The predicted molar refractivity (Wildman–Crippen MR) is 95.5 cm³/mol. The van der Waals surface area contributed by atoms with Gasteiger partial charge in [-0.25, -0.2) is 0 Å². The Morgan fingerprint density at radius 2 is 2.16 bits per heavy atom. The zero-order valence-corrected chi connectivity index (χ0v) is 14.9. The molecular formula is C19H27N3O3. The topological polar surface area (TPSA) is 61.9 Å². The van der Waals surface area contributed by atoms with E-state index in [9.17, 15) is 9.59 Å². The summed E-state index contributed by atoms with van der Waals surface area (Å²) >= 11 is 0. The lowest BCUT2D eigenvalue weighted by atomic mass is 10.0. The zero-order chi connectivity index (χ0) is 17.6. The Balaban J connectivity index is 1.55. The average Bonchev–Trinajstić information content (AvgIpc) is 2.66. The van der Waals surface area contributed by atoms with Crippen LogP contribution in [-0.4, -0.2) is 67.5 Å². The van der Waals surface area contributed by atoms with Crippen LogP contribution in [0, 0.1) is 0 Å². The first kappa shape index (κ1) is 17.7. The standard InChI is InChI=1S/C19H27N3O3/c1-25-17-7-3-2-5-15(17)8-9-18(23)21-11-4-6-16(14-21)22-12-10-20-13-19(22)24/h2-3,5,7,16,20H,4,6,8-14H2,1H3. The third-order valence-corrected chi connectivity index (χ3v) is 5.12. The molecule has 2 aliphatic heterocycles. The minimum atomic E-state index is 0.152. The van der Waals surface area contributed by atoms with Gasteiger partial charge in [-0.3, -0.25) is 9.59 Å². The van der Waals surface area contributed by atoms with Crippen molar-refractivity contribution in [1.29, 1.82) is 0 Å². The van der Waals surface area contributed by atoms with Gasteiger partial charge in [0.25, 0.3) is 0 Å². The lowest BCUT2D eigenvalue weighted by molar-refractivity contribution is -0.140. The number of hydrogen-bond acceptors (Lipinski definition) is 4. The molecule has 2 aliphatic rings. The molecular weight excluding hydrogens is 318 g/mol. The number of piperazine rings is 1. The number of nitrogens with zero attached hydrogens (tertiary/aromatic N) is 2. The van der Waals surface area contributed by atoms with Crippen LogP contribution in [-0.2, 0) is 16.0 Å². The summed E-state index contributed by atoms with van der Waals surface area (Å²) in [4.78, 5) is 28.6. The first-order valence-corrected chi connectivity index (χ1v) is 9.09. The fourth-order valence-electron chi connectivity index (χ4n) is 3.75. The molecule has 25 heavy (non-hydrogen) atoms. The second-order valence-electron chi connectivity index (χ2n) is 6.71. The van der Waals surface area contributed by atoms with Crippen LogP contribution in [0.2, 0.25) is 0 Å². The van der Waals surface area contributed by atoms with Crippen LogP contribution in [0.1, 0.15) is 24.8 Å². The van der Waals surface area contributed by atoms with Gasteiger partial charge >= 0.3 is 0 Å². The quantitative estimate of drug-likeness (QED) is 0.867. The first-order valence-electron chi connectivity index (χ1n) is 9.09. The van der Waals surface area contributed by atoms with E-state index in [2.05, 4.69) is 5.32 Å². The number of piperidine rings is 1. The SMILES string of the molecule is COc1ccccc1CCC(=O)N1CCCC(N2CCNCC2=O)C1. The van der Waals surface area contributed by atoms with E-state index < -0.39 is 0 Å². The lowest BCUT2D eigenvalue weighted by Gasteiger charge is -2.41. The van der Waals surface area contributed by atoms with Crippen molar-refractivity contribution in [2.24, 2.45) is 0 Å². The van der Waals surface area contributed by atoms with Gasteiger partial charge in [0.15, 0.2) is 0 Å². The molecule has 2 fully saturated rings. The van der Waals surface area contributed by atoms with Crippen LogP contribution in [0.4, 0.5) is 0 Å². The van der Waals surface area contributed by atoms with Crippen LogP contribution < -0.4 is 10.1 Å². The van der Waals surface area contributed by atoms with E-state index in [4.69, 9.17) is 4.74 Å². The van der Waals surface area contributed by atoms with Gasteiger partial charge in [-0.05, 0) is 30.9 Å². The van der Waals surface area contributed by atoms with Crippen molar-refractivity contribution in [2.75, 3.05) is 39.8 Å². The maximum Gasteiger partial charge on any atom is 0.236 e. The van der Waals surface area contributed by atoms with Gasteiger partial charge in [-0.15, -0.1) is 0 Å². The van der Waals surface area contributed by atoms with E-state index in [0.717, 1.165) is 43.8 Å². The van der Waals surface area contributed by atoms with Gasteiger partial charge in [0.1, 0.15) is 5.75 Å². The van der Waals surface area contributed by atoms with Crippen LogP contribution in [0.15, 0.2) is 24.3 Å². The van der Waals surface area contributed by atoms with Crippen molar-refractivity contribution in [2.45, 2.75) is 31.7 Å². The van der Waals surface area contributed by atoms with E-state index in [0.29, 0.717) is 25.9 Å². The third-order valence-electron chi connectivity index (χ3n) is 5.12. The summed E-state index contributed by atoms with van der Waals surface area (Å²) in [5.74, 6) is 1.15. The number of likely N-dealkylation sites (tertiary alicyclic amines) is 1. The summed E-state index contributed by atoms with van der Waals surface area (Å²) in [7, 11) is 1.65. The number of carbonyl (C=O) groups excluding carboxylic acids is 2. The average molecular weight is 345 g/mol. The summed E-state index contributed by atoms with van der Waals surface area (Å²) in [6.45, 7) is 3.45. The molecule has 6 heteroatoms. The fraction of sp³-hybridized carbons (Fsp3) is 0.579. The fourth-order valence-corrected chi connectivity index (χ4v) is 3.75. The Hall–Kier alpha value is -2.08. The molecule has 0 spiro atoms. The summed E-state index contributed by atoms with van der Waals surface area (Å²) in [5.41, 5.74) is 1.06. The summed E-state index contributed by atoms with van der Waals surface area (Å²) in [6.07, 6.45) is 3.10. The second-order valence-corrected chi connectivity index (χ2v) is 6.71. The van der Waals surface area contributed by atoms with Gasteiger partial charge in [0.2, 0.25) is 11.8 Å². The van der Waals surface area contributed by atoms with E-state index in [-0.39, 0.29) is 17.9 Å². The van der Waals surface area contributed by atoms with Gasteiger partial charge in [-0.2, -0.15) is 0 Å². The molecule has 3 rings (SSSR count). The molecule has 0 aromatic heterocycles. The predicted octanol–water partition coefficient (Wildman–Crippen LogP) is 1.05. The molecule has 0 aliphatic carbocycles. The molecule has 1 atom stereocenters. The molecule has 2 saturated heterocycles. The molecule has 1 aromatic carbocycles. The summed E-state index contributed by atoms with van der Waals surface area (Å²) in [5, 5.41) is 3.10. The molecule has 1 unspecified atom stereocenters. The smallest absolute Gasteiger partial charge is 0.236 e. The van der Waals surface area contributed by atoms with Gasteiger partial charge in [0.05, 0.1) is 13.7 Å². The zero-order valence-electron chi connectivity index (χ0n) is 14.9. The minimum Gasteiger partial charge on any atom is -0.496 e. The monoisotopic (exact) mass is 345 g/mol. The highest BCUT2D eigenvalue weighted by Crippen LogP contribution is 2.21. The van der Waals surface area contributed by atoms with E-state index in [1.807, 2.05) is 34.1 Å². The van der Waals surface area contributed by atoms with E-state index >= 15 is 0 Å². The highest BCUT2D eigenvalue weighted by atomic mass is 16.5. The number of hydrogen-bond donors (Lipinski definition) is 1. The van der Waals surface area contributed by atoms with Gasteiger partial charge in [0, 0.05) is 38.6 Å². The highest BCUT2D eigenvalue weighted by Gasteiger charge is 2.31. The second kappa shape index (κ2) is 8.34. The van der Waals surface area contributed by atoms with Crippen LogP contribution in [0.5, 0.6) is 5.75 Å². The van der Waals surface area contributed by atoms with Gasteiger partial charge in [-0.1, -0.05) is 18.2 Å². The molecule has 0 bridgehead atoms. The Morgan fingerprint density at radius 3 is 2.96 bits per heavy atom. The Labute approximate surface area is 149 Å². The molecule has 1 aromatic rings. The van der Waals surface area contributed by atoms with Crippen LogP contribution in [0.25, 0.3) is 0 Å². The van der Waals surface area contributed by atoms with E-state index in [1.54, 1.807) is 7.11 Å². The third kappa shape index (κ3) is 4.31. The number of ether oxygens (including phenoxy) is 1. The van der Waals surface area contributed by atoms with Crippen molar-refractivity contribution >= 4 is 11.8 Å². The number of para-hydroxylation sites is 1. The number of benzene rings is 1. The van der Waals surface area contributed by atoms with Crippen LogP contribution >= 0.6 is 0 Å². The lowest BCUT2D eigenvalue weighted by Crippen LogP contribution is -2.57. The van der Waals surface area contributed by atoms with Crippen molar-refractivity contribution in [3.8, 4) is 5.75 Å². The highest BCUT2D eigenvalue weighted by molar-refractivity contribution is 5.80.